The van der Waals surface area contributed by atoms with Gasteiger partial charge in [-0.05, 0) is 44.4 Å². The van der Waals surface area contributed by atoms with Gasteiger partial charge >= 0.3 is 6.09 Å². The summed E-state index contributed by atoms with van der Waals surface area (Å²) in [6, 6.07) is 5.76. The summed E-state index contributed by atoms with van der Waals surface area (Å²) in [4.78, 5) is 18.5. The first-order chi connectivity index (χ1) is 10.3. The van der Waals surface area contributed by atoms with Gasteiger partial charge in [0.25, 0.3) is 0 Å². The molecule has 1 aliphatic rings. The Balaban J connectivity index is 1.79. The number of carbonyl (C=O) groups is 1. The number of rotatable bonds is 3. The lowest BCUT2D eigenvalue weighted by molar-refractivity contribution is 0.168. The number of anilines is 2. The van der Waals surface area contributed by atoms with E-state index in [0.717, 1.165) is 34.1 Å². The number of hydrogen-bond donors (Lipinski definition) is 1. The summed E-state index contributed by atoms with van der Waals surface area (Å²) < 4.78 is 5.98. The maximum absolute atomic E-state index is 11.4. The highest BCUT2D eigenvalue weighted by Crippen LogP contribution is 2.32. The second-order valence-corrected chi connectivity index (χ2v) is 6.08. The van der Waals surface area contributed by atoms with Crippen LogP contribution in [0.4, 0.5) is 15.6 Å². The molecule has 2 heterocycles. The van der Waals surface area contributed by atoms with Gasteiger partial charge in [0.15, 0.2) is 5.13 Å². The molecule has 0 spiro atoms. The van der Waals surface area contributed by atoms with Crippen molar-refractivity contribution in [2.75, 3.05) is 29.9 Å². The van der Waals surface area contributed by atoms with Crippen LogP contribution in [0.2, 0.25) is 0 Å². The van der Waals surface area contributed by atoms with Crippen LogP contribution in [0.5, 0.6) is 0 Å². The summed E-state index contributed by atoms with van der Waals surface area (Å²) in [7, 11) is 0. The van der Waals surface area contributed by atoms with Crippen LogP contribution in [0, 0.1) is 0 Å². The summed E-state index contributed by atoms with van der Waals surface area (Å²) in [5.41, 5.74) is 1.73. The number of nitrogens with zero attached hydrogens (tertiary/aromatic N) is 2. The summed E-state index contributed by atoms with van der Waals surface area (Å²) >= 11 is 1.68. The molecule has 0 saturated carbocycles. The molecule has 21 heavy (non-hydrogen) atoms. The Morgan fingerprint density at radius 3 is 2.95 bits per heavy atom. The van der Waals surface area contributed by atoms with Crippen molar-refractivity contribution in [3.8, 4) is 0 Å². The van der Waals surface area contributed by atoms with Crippen molar-refractivity contribution in [2.24, 2.45) is 0 Å². The van der Waals surface area contributed by atoms with E-state index in [1.54, 1.807) is 18.3 Å². The Morgan fingerprint density at radius 2 is 2.19 bits per heavy atom. The van der Waals surface area contributed by atoms with E-state index in [1.165, 1.54) is 19.3 Å². The predicted molar refractivity (Wildman–Crippen MR) is 86.3 cm³/mol. The first-order valence-corrected chi connectivity index (χ1v) is 8.17. The number of ether oxygens (including phenoxy) is 1. The van der Waals surface area contributed by atoms with Crippen molar-refractivity contribution in [2.45, 2.75) is 26.2 Å². The number of benzene rings is 1. The van der Waals surface area contributed by atoms with E-state index in [-0.39, 0.29) is 0 Å². The zero-order chi connectivity index (χ0) is 14.7. The fraction of sp³-hybridized carbons (Fsp3) is 0.467. The van der Waals surface area contributed by atoms with Gasteiger partial charge in [-0.25, -0.2) is 9.78 Å². The number of carbonyl (C=O) groups excluding carboxylic acids is 1. The molecule has 1 aromatic carbocycles. The second kappa shape index (κ2) is 6.30. The number of fused-ring (bicyclic) bond motifs is 1. The van der Waals surface area contributed by atoms with Crippen LogP contribution in [0.1, 0.15) is 26.2 Å². The van der Waals surface area contributed by atoms with Gasteiger partial charge in [-0.3, -0.25) is 5.32 Å². The quantitative estimate of drug-likeness (QED) is 0.935. The van der Waals surface area contributed by atoms with Crippen molar-refractivity contribution in [3.05, 3.63) is 18.2 Å². The summed E-state index contributed by atoms with van der Waals surface area (Å²) in [6.07, 6.45) is 3.38. The molecule has 112 valence electrons. The number of aromatic nitrogens is 1. The van der Waals surface area contributed by atoms with Gasteiger partial charge in [-0.2, -0.15) is 0 Å². The third-order valence-corrected chi connectivity index (χ3v) is 4.60. The summed E-state index contributed by atoms with van der Waals surface area (Å²) in [5.74, 6) is 0. The zero-order valence-electron chi connectivity index (χ0n) is 12.1. The van der Waals surface area contributed by atoms with Crippen LogP contribution in [0.15, 0.2) is 18.2 Å². The van der Waals surface area contributed by atoms with E-state index < -0.39 is 6.09 Å². The molecule has 1 amide bonds. The molecule has 0 unspecified atom stereocenters. The van der Waals surface area contributed by atoms with E-state index in [2.05, 4.69) is 10.2 Å². The molecule has 0 aliphatic carbocycles. The van der Waals surface area contributed by atoms with E-state index in [0.29, 0.717) is 6.61 Å². The van der Waals surface area contributed by atoms with Crippen LogP contribution >= 0.6 is 11.3 Å². The minimum atomic E-state index is -0.419. The van der Waals surface area contributed by atoms with Gasteiger partial charge in [0.2, 0.25) is 0 Å². The maximum atomic E-state index is 11.4. The number of thiazole rings is 1. The maximum Gasteiger partial charge on any atom is 0.411 e. The third kappa shape index (κ3) is 3.26. The lowest BCUT2D eigenvalue weighted by Gasteiger charge is -2.25. The van der Waals surface area contributed by atoms with Crippen LogP contribution in [0.25, 0.3) is 10.2 Å². The standard InChI is InChI=1S/C15H19N3O2S/c1-2-20-15(19)16-11-6-7-12-13(10-11)21-14(17-12)18-8-4-3-5-9-18/h6-7,10H,2-5,8-9H2,1H3,(H,16,19). The SMILES string of the molecule is CCOC(=O)Nc1ccc2nc(N3CCCCC3)sc2c1. The smallest absolute Gasteiger partial charge is 0.411 e. The topological polar surface area (TPSA) is 54.5 Å². The van der Waals surface area contributed by atoms with Crippen molar-refractivity contribution < 1.29 is 9.53 Å². The van der Waals surface area contributed by atoms with E-state index >= 15 is 0 Å². The largest absolute Gasteiger partial charge is 0.450 e. The minimum absolute atomic E-state index is 0.369. The van der Waals surface area contributed by atoms with Gasteiger partial charge < -0.3 is 9.64 Å². The molecule has 0 bridgehead atoms. The van der Waals surface area contributed by atoms with Crippen LogP contribution < -0.4 is 10.2 Å². The predicted octanol–water partition coefficient (Wildman–Crippen LogP) is 3.86. The minimum Gasteiger partial charge on any atom is -0.450 e. The molecule has 0 atom stereocenters. The monoisotopic (exact) mass is 305 g/mol. The molecule has 0 radical (unpaired) electrons. The first-order valence-electron chi connectivity index (χ1n) is 7.35. The van der Waals surface area contributed by atoms with E-state index in [9.17, 15) is 4.79 Å². The van der Waals surface area contributed by atoms with Crippen LogP contribution in [-0.4, -0.2) is 30.8 Å². The Labute approximate surface area is 127 Å². The summed E-state index contributed by atoms with van der Waals surface area (Å²) in [6.45, 7) is 4.34. The number of nitrogens with one attached hydrogen (secondary N) is 1. The Bertz CT molecular complexity index is 635. The molecule has 3 rings (SSSR count). The number of amides is 1. The van der Waals surface area contributed by atoms with Gasteiger partial charge in [-0.15, -0.1) is 0 Å². The molecule has 1 aliphatic heterocycles. The lowest BCUT2D eigenvalue weighted by atomic mass is 10.1. The highest BCUT2D eigenvalue weighted by atomic mass is 32.1. The van der Waals surface area contributed by atoms with E-state index in [4.69, 9.17) is 9.72 Å². The van der Waals surface area contributed by atoms with Gasteiger partial charge in [0.05, 0.1) is 16.8 Å². The molecule has 1 N–H and O–H groups in total. The average Bonchev–Trinajstić information content (AvgIpc) is 2.91. The van der Waals surface area contributed by atoms with Gasteiger partial charge in [-0.1, -0.05) is 11.3 Å². The highest BCUT2D eigenvalue weighted by Gasteiger charge is 2.15. The first kappa shape index (κ1) is 14.1. The van der Waals surface area contributed by atoms with Gasteiger partial charge in [0.1, 0.15) is 0 Å². The summed E-state index contributed by atoms with van der Waals surface area (Å²) in [5, 5.41) is 3.81. The van der Waals surface area contributed by atoms with E-state index in [1.807, 2.05) is 18.2 Å². The fourth-order valence-corrected chi connectivity index (χ4v) is 3.55. The second-order valence-electron chi connectivity index (χ2n) is 5.07. The molecular weight excluding hydrogens is 286 g/mol. The molecule has 6 heteroatoms. The van der Waals surface area contributed by atoms with Crippen molar-refractivity contribution in [1.82, 2.24) is 4.98 Å². The average molecular weight is 305 g/mol. The molecular formula is C15H19N3O2S. The molecule has 1 saturated heterocycles. The van der Waals surface area contributed by atoms with Crippen molar-refractivity contribution >= 4 is 38.5 Å². The molecule has 1 fully saturated rings. The highest BCUT2D eigenvalue weighted by molar-refractivity contribution is 7.22. The Kier molecular flexibility index (Phi) is 4.24. The van der Waals surface area contributed by atoms with Crippen molar-refractivity contribution in [1.29, 1.82) is 0 Å². The fourth-order valence-electron chi connectivity index (χ4n) is 2.50. The zero-order valence-corrected chi connectivity index (χ0v) is 12.9. The molecule has 2 aromatic rings. The normalized spacial score (nSPS) is 15.2. The number of hydrogen-bond acceptors (Lipinski definition) is 5. The number of piperidine rings is 1. The Hall–Kier alpha value is -1.82. The molecule has 5 nitrogen and oxygen atoms in total. The lowest BCUT2D eigenvalue weighted by Crippen LogP contribution is -2.29. The van der Waals surface area contributed by atoms with Crippen LogP contribution in [0.3, 0.4) is 0 Å². The Morgan fingerprint density at radius 1 is 1.38 bits per heavy atom. The van der Waals surface area contributed by atoms with Crippen LogP contribution in [-0.2, 0) is 4.74 Å². The third-order valence-electron chi connectivity index (χ3n) is 3.53. The van der Waals surface area contributed by atoms with Crippen molar-refractivity contribution in [3.63, 3.8) is 0 Å². The molecule has 1 aromatic heterocycles. The van der Waals surface area contributed by atoms with Gasteiger partial charge in [0, 0.05) is 18.8 Å².